The van der Waals surface area contributed by atoms with Crippen LogP contribution in [0.15, 0.2) is 54.7 Å². The van der Waals surface area contributed by atoms with Crippen molar-refractivity contribution in [2.75, 3.05) is 18.8 Å². The maximum Gasteiger partial charge on any atom is 0.317 e. The number of nitrogens with one attached hydrogen (secondary N) is 2. The topological polar surface area (TPSA) is 138 Å². The second-order valence-electron chi connectivity index (χ2n) is 8.46. The highest BCUT2D eigenvalue weighted by atomic mass is 35.5. The SMILES string of the molecule is Nc1nccc2cc(CNC(=O)C3CCN3C(=O)C(Cc3ccc(Cl)cc3)NCC(=O)O)ccc12. The highest BCUT2D eigenvalue weighted by Crippen LogP contribution is 2.22. The van der Waals surface area contributed by atoms with Gasteiger partial charge in [-0.05, 0) is 53.6 Å². The minimum absolute atomic E-state index is 0.248. The maximum absolute atomic E-state index is 13.2. The Morgan fingerprint density at radius 3 is 2.57 bits per heavy atom. The van der Waals surface area contributed by atoms with Crippen LogP contribution in [0.1, 0.15) is 17.5 Å². The number of nitrogens with two attached hydrogens (primary N) is 1. The number of carbonyl (C=O) groups excluding carboxylic acids is 2. The number of rotatable bonds is 9. The predicted octanol–water partition coefficient (Wildman–Crippen LogP) is 1.97. The highest BCUT2D eigenvalue weighted by molar-refractivity contribution is 6.30. The monoisotopic (exact) mass is 495 g/mol. The van der Waals surface area contributed by atoms with E-state index in [9.17, 15) is 14.4 Å². The second-order valence-corrected chi connectivity index (χ2v) is 8.90. The molecule has 0 saturated carbocycles. The van der Waals surface area contributed by atoms with E-state index in [0.29, 0.717) is 30.4 Å². The van der Waals surface area contributed by atoms with Crippen molar-refractivity contribution in [1.29, 1.82) is 0 Å². The third-order valence-corrected chi connectivity index (χ3v) is 6.33. The van der Waals surface area contributed by atoms with E-state index in [2.05, 4.69) is 15.6 Å². The summed E-state index contributed by atoms with van der Waals surface area (Å²) < 4.78 is 0. The van der Waals surface area contributed by atoms with E-state index >= 15 is 0 Å². The average molecular weight is 496 g/mol. The Morgan fingerprint density at radius 1 is 1.14 bits per heavy atom. The normalized spacial score (nSPS) is 15.9. The molecule has 9 nitrogen and oxygen atoms in total. The summed E-state index contributed by atoms with van der Waals surface area (Å²) in [6, 6.07) is 13.2. The third-order valence-electron chi connectivity index (χ3n) is 6.08. The number of likely N-dealkylation sites (tertiary alicyclic amines) is 1. The summed E-state index contributed by atoms with van der Waals surface area (Å²) in [5.41, 5.74) is 7.63. The smallest absolute Gasteiger partial charge is 0.317 e. The lowest BCUT2D eigenvalue weighted by atomic mass is 9.97. The molecular weight excluding hydrogens is 470 g/mol. The summed E-state index contributed by atoms with van der Waals surface area (Å²) in [4.78, 5) is 42.7. The van der Waals surface area contributed by atoms with Crippen molar-refractivity contribution < 1.29 is 19.5 Å². The number of pyridine rings is 1. The van der Waals surface area contributed by atoms with Crippen molar-refractivity contribution in [3.63, 3.8) is 0 Å². The van der Waals surface area contributed by atoms with Crippen LogP contribution in [0.2, 0.25) is 5.02 Å². The van der Waals surface area contributed by atoms with Gasteiger partial charge in [0, 0.05) is 29.7 Å². The van der Waals surface area contributed by atoms with Crippen LogP contribution in [0.5, 0.6) is 0 Å². The van der Waals surface area contributed by atoms with Gasteiger partial charge in [0.05, 0.1) is 12.6 Å². The Labute approximate surface area is 207 Å². The van der Waals surface area contributed by atoms with E-state index in [1.807, 2.05) is 24.3 Å². The Bertz CT molecular complexity index is 1250. The Morgan fingerprint density at radius 2 is 1.89 bits per heavy atom. The molecule has 2 unspecified atom stereocenters. The van der Waals surface area contributed by atoms with E-state index in [4.69, 9.17) is 22.4 Å². The molecule has 1 fully saturated rings. The molecule has 1 aliphatic rings. The molecule has 1 aromatic heterocycles. The number of anilines is 1. The van der Waals surface area contributed by atoms with Gasteiger partial charge >= 0.3 is 5.97 Å². The van der Waals surface area contributed by atoms with Crippen LogP contribution in [-0.2, 0) is 27.3 Å². The molecular formula is C25H26ClN5O4. The molecule has 3 aromatic rings. The molecule has 35 heavy (non-hydrogen) atoms. The fourth-order valence-electron chi connectivity index (χ4n) is 4.11. The van der Waals surface area contributed by atoms with Gasteiger partial charge in [0.25, 0.3) is 0 Å². The summed E-state index contributed by atoms with van der Waals surface area (Å²) >= 11 is 5.94. The largest absolute Gasteiger partial charge is 0.480 e. The highest BCUT2D eigenvalue weighted by Gasteiger charge is 2.40. The van der Waals surface area contributed by atoms with E-state index in [1.165, 1.54) is 4.90 Å². The summed E-state index contributed by atoms with van der Waals surface area (Å²) in [6.07, 6.45) is 2.46. The molecule has 0 aliphatic carbocycles. The fraction of sp³-hybridized carbons (Fsp3) is 0.280. The van der Waals surface area contributed by atoms with E-state index < -0.39 is 18.1 Å². The van der Waals surface area contributed by atoms with Crippen molar-refractivity contribution in [3.8, 4) is 0 Å². The summed E-state index contributed by atoms with van der Waals surface area (Å²) in [7, 11) is 0. The third kappa shape index (κ3) is 5.87. The number of amides is 2. The van der Waals surface area contributed by atoms with Gasteiger partial charge < -0.3 is 21.1 Å². The van der Waals surface area contributed by atoms with Crippen LogP contribution in [-0.4, -0.2) is 57.9 Å². The first-order chi connectivity index (χ1) is 16.8. The zero-order valence-corrected chi connectivity index (χ0v) is 19.7. The van der Waals surface area contributed by atoms with Crippen molar-refractivity contribution >= 4 is 46.0 Å². The first-order valence-electron chi connectivity index (χ1n) is 11.2. The average Bonchev–Trinajstić information content (AvgIpc) is 2.81. The number of aliphatic carboxylic acids is 1. The molecule has 182 valence electrons. The molecule has 5 N–H and O–H groups in total. The fourth-order valence-corrected chi connectivity index (χ4v) is 4.23. The first kappa shape index (κ1) is 24.4. The summed E-state index contributed by atoms with van der Waals surface area (Å²) in [5.74, 6) is -1.17. The number of benzene rings is 2. The van der Waals surface area contributed by atoms with Crippen LogP contribution in [0.4, 0.5) is 5.82 Å². The van der Waals surface area contributed by atoms with Crippen LogP contribution >= 0.6 is 11.6 Å². The first-order valence-corrected chi connectivity index (χ1v) is 11.6. The molecule has 1 aliphatic heterocycles. The van der Waals surface area contributed by atoms with Crippen molar-refractivity contribution in [1.82, 2.24) is 20.5 Å². The Balaban J connectivity index is 1.39. The summed E-state index contributed by atoms with van der Waals surface area (Å²) in [6.45, 7) is 0.378. The van der Waals surface area contributed by atoms with Crippen molar-refractivity contribution in [3.05, 3.63) is 70.9 Å². The molecule has 4 rings (SSSR count). The lowest BCUT2D eigenvalue weighted by molar-refractivity contribution is -0.149. The number of carboxylic acids is 1. The lowest BCUT2D eigenvalue weighted by Gasteiger charge is -2.41. The molecule has 0 spiro atoms. The van der Waals surface area contributed by atoms with Gasteiger partial charge in [-0.25, -0.2) is 4.98 Å². The molecule has 2 amide bonds. The number of halogens is 1. The quantitative estimate of drug-likeness (QED) is 0.356. The molecule has 10 heteroatoms. The van der Waals surface area contributed by atoms with Gasteiger partial charge in [0.15, 0.2) is 0 Å². The van der Waals surface area contributed by atoms with Gasteiger partial charge in [-0.1, -0.05) is 35.9 Å². The van der Waals surface area contributed by atoms with E-state index in [0.717, 1.165) is 21.9 Å². The van der Waals surface area contributed by atoms with E-state index in [-0.39, 0.29) is 24.8 Å². The van der Waals surface area contributed by atoms with Gasteiger partial charge in [-0.15, -0.1) is 0 Å². The molecule has 2 heterocycles. The lowest BCUT2D eigenvalue weighted by Crippen LogP contribution is -2.62. The standard InChI is InChI=1S/C25H26ClN5O4/c26-18-4-1-15(2-5-18)12-20(29-14-22(32)33)25(35)31-10-8-21(31)24(34)30-13-16-3-6-19-17(11-16)7-9-28-23(19)27/h1-7,9,11,20-21,29H,8,10,12-14H2,(H2,27,28)(H,30,34)(H,32,33). The number of nitrogen functional groups attached to an aromatic ring is 1. The summed E-state index contributed by atoms with van der Waals surface area (Å²) in [5, 5.41) is 17.1. The van der Waals surface area contributed by atoms with Crippen LogP contribution < -0.4 is 16.4 Å². The number of aromatic nitrogens is 1. The van der Waals surface area contributed by atoms with Crippen LogP contribution in [0, 0.1) is 0 Å². The number of fused-ring (bicyclic) bond motifs is 1. The van der Waals surface area contributed by atoms with E-state index in [1.54, 1.807) is 30.5 Å². The minimum Gasteiger partial charge on any atom is -0.480 e. The number of carboxylic acid groups (broad SMARTS) is 1. The van der Waals surface area contributed by atoms with Crippen molar-refractivity contribution in [2.45, 2.75) is 31.5 Å². The molecule has 2 atom stereocenters. The molecule has 0 bridgehead atoms. The minimum atomic E-state index is -1.07. The van der Waals surface area contributed by atoms with Gasteiger partial charge in [-0.2, -0.15) is 0 Å². The van der Waals surface area contributed by atoms with Gasteiger partial charge in [-0.3, -0.25) is 19.7 Å². The maximum atomic E-state index is 13.2. The van der Waals surface area contributed by atoms with Gasteiger partial charge in [0.2, 0.25) is 11.8 Å². The van der Waals surface area contributed by atoms with Crippen LogP contribution in [0.3, 0.4) is 0 Å². The molecule has 1 saturated heterocycles. The number of nitrogens with zero attached hydrogens (tertiary/aromatic N) is 2. The van der Waals surface area contributed by atoms with Gasteiger partial charge in [0.1, 0.15) is 11.9 Å². The number of carbonyl (C=O) groups is 3. The zero-order chi connectivity index (χ0) is 24.9. The Hall–Kier alpha value is -3.69. The predicted molar refractivity (Wildman–Crippen MR) is 133 cm³/mol. The van der Waals surface area contributed by atoms with Crippen LogP contribution in [0.25, 0.3) is 10.8 Å². The second kappa shape index (κ2) is 10.7. The Kier molecular flexibility index (Phi) is 7.48. The van der Waals surface area contributed by atoms with Crippen molar-refractivity contribution in [2.24, 2.45) is 0 Å². The molecule has 2 aromatic carbocycles. The number of hydrogen-bond acceptors (Lipinski definition) is 6. The number of hydrogen-bond donors (Lipinski definition) is 4. The molecule has 0 radical (unpaired) electrons. The zero-order valence-electron chi connectivity index (χ0n) is 18.9.